The molecule has 20 heavy (non-hydrogen) atoms. The predicted molar refractivity (Wildman–Crippen MR) is 80.7 cm³/mol. The van der Waals surface area contributed by atoms with Gasteiger partial charge < -0.3 is 10.1 Å². The normalized spacial score (nSPS) is 13.8. The highest BCUT2D eigenvalue weighted by atomic mass is 32.2. The minimum Gasteiger partial charge on any atom is -0.465 e. The zero-order valence-electron chi connectivity index (χ0n) is 12.4. The standard InChI is InChI=1S/C14H23N3O2S/c1-4-19-12(18)14(2,15-3)8-5-6-11-20-13-16-9-7-10-17-13/h7,9-10,15H,4-6,8,11H2,1-3H3. The Kier molecular flexibility index (Phi) is 7.54. The number of ether oxygens (including phenoxy) is 1. The van der Waals surface area contributed by atoms with Gasteiger partial charge in [0.05, 0.1) is 6.61 Å². The van der Waals surface area contributed by atoms with Gasteiger partial charge in [0.15, 0.2) is 5.16 Å². The molecule has 0 radical (unpaired) electrons. The van der Waals surface area contributed by atoms with Crippen molar-refractivity contribution >= 4 is 17.7 Å². The lowest BCUT2D eigenvalue weighted by Gasteiger charge is -2.26. The molecule has 0 aliphatic rings. The molecule has 0 aromatic carbocycles. The summed E-state index contributed by atoms with van der Waals surface area (Å²) >= 11 is 1.64. The summed E-state index contributed by atoms with van der Waals surface area (Å²) in [6.07, 6.45) is 6.22. The molecular formula is C14H23N3O2S. The van der Waals surface area contributed by atoms with Crippen molar-refractivity contribution in [2.24, 2.45) is 0 Å². The summed E-state index contributed by atoms with van der Waals surface area (Å²) in [6.45, 7) is 4.13. The number of nitrogens with one attached hydrogen (secondary N) is 1. The van der Waals surface area contributed by atoms with Gasteiger partial charge in [0.1, 0.15) is 5.54 Å². The molecule has 6 heteroatoms. The second kappa shape index (κ2) is 8.92. The quantitative estimate of drug-likeness (QED) is 0.326. The minimum atomic E-state index is -0.593. The van der Waals surface area contributed by atoms with Crippen molar-refractivity contribution in [1.82, 2.24) is 15.3 Å². The van der Waals surface area contributed by atoms with E-state index in [4.69, 9.17) is 4.74 Å². The van der Waals surface area contributed by atoms with Gasteiger partial charge in [-0.15, -0.1) is 0 Å². The Balaban J connectivity index is 2.26. The van der Waals surface area contributed by atoms with Gasteiger partial charge in [-0.2, -0.15) is 0 Å². The number of likely N-dealkylation sites (N-methyl/N-ethyl adjacent to an activating group) is 1. The van der Waals surface area contributed by atoms with Crippen LogP contribution in [0, 0.1) is 0 Å². The Morgan fingerprint density at radius 3 is 2.70 bits per heavy atom. The Bertz CT molecular complexity index is 403. The van der Waals surface area contributed by atoms with Crippen molar-refractivity contribution in [3.8, 4) is 0 Å². The summed E-state index contributed by atoms with van der Waals surface area (Å²) in [5.74, 6) is 0.772. The summed E-state index contributed by atoms with van der Waals surface area (Å²) in [5, 5.41) is 3.87. The maximum atomic E-state index is 11.9. The molecular weight excluding hydrogens is 274 g/mol. The van der Waals surface area contributed by atoms with Crippen LogP contribution in [0.4, 0.5) is 0 Å². The fourth-order valence-corrected chi connectivity index (χ4v) is 2.53. The lowest BCUT2D eigenvalue weighted by atomic mass is 9.95. The zero-order chi connectivity index (χ0) is 14.8. The third-order valence-corrected chi connectivity index (χ3v) is 4.08. The Morgan fingerprint density at radius 2 is 2.10 bits per heavy atom. The number of unbranched alkanes of at least 4 members (excludes halogenated alkanes) is 1. The molecule has 0 amide bonds. The number of rotatable bonds is 9. The highest BCUT2D eigenvalue weighted by molar-refractivity contribution is 7.99. The lowest BCUT2D eigenvalue weighted by molar-refractivity contribution is -0.150. The molecule has 1 atom stereocenters. The monoisotopic (exact) mass is 297 g/mol. The maximum absolute atomic E-state index is 11.9. The second-order valence-corrected chi connectivity index (χ2v) is 5.70. The lowest BCUT2D eigenvalue weighted by Crippen LogP contribution is -2.48. The van der Waals surface area contributed by atoms with Crippen LogP contribution in [0.5, 0.6) is 0 Å². The second-order valence-electron chi connectivity index (χ2n) is 4.64. The van der Waals surface area contributed by atoms with Gasteiger partial charge >= 0.3 is 5.97 Å². The van der Waals surface area contributed by atoms with E-state index in [0.29, 0.717) is 6.61 Å². The number of hydrogen-bond donors (Lipinski definition) is 1. The van der Waals surface area contributed by atoms with Gasteiger partial charge in [-0.1, -0.05) is 18.2 Å². The van der Waals surface area contributed by atoms with Crippen LogP contribution in [0.1, 0.15) is 33.1 Å². The van der Waals surface area contributed by atoms with Gasteiger partial charge in [0.25, 0.3) is 0 Å². The first-order chi connectivity index (χ1) is 9.62. The van der Waals surface area contributed by atoms with Crippen LogP contribution >= 0.6 is 11.8 Å². The van der Waals surface area contributed by atoms with E-state index in [0.717, 1.165) is 30.2 Å². The van der Waals surface area contributed by atoms with Gasteiger partial charge in [-0.3, -0.25) is 4.79 Å². The molecule has 0 saturated carbocycles. The first-order valence-corrected chi connectivity index (χ1v) is 7.87. The molecule has 5 nitrogen and oxygen atoms in total. The average Bonchev–Trinajstić information content (AvgIpc) is 2.48. The van der Waals surface area contributed by atoms with Crippen molar-refractivity contribution in [2.75, 3.05) is 19.4 Å². The van der Waals surface area contributed by atoms with E-state index in [9.17, 15) is 4.79 Å². The van der Waals surface area contributed by atoms with Crippen LogP contribution in [0.2, 0.25) is 0 Å². The van der Waals surface area contributed by atoms with E-state index in [2.05, 4.69) is 15.3 Å². The minimum absolute atomic E-state index is 0.179. The molecule has 1 aromatic heterocycles. The Morgan fingerprint density at radius 1 is 1.40 bits per heavy atom. The molecule has 0 fully saturated rings. The molecule has 0 aliphatic carbocycles. The van der Waals surface area contributed by atoms with Gasteiger partial charge in [0, 0.05) is 18.1 Å². The van der Waals surface area contributed by atoms with Crippen molar-refractivity contribution in [1.29, 1.82) is 0 Å². The third-order valence-electron chi connectivity index (χ3n) is 3.12. The topological polar surface area (TPSA) is 64.1 Å². The summed E-state index contributed by atoms with van der Waals surface area (Å²) in [7, 11) is 1.80. The number of thioether (sulfide) groups is 1. The molecule has 1 rings (SSSR count). The Hall–Kier alpha value is -1.14. The van der Waals surface area contributed by atoms with E-state index >= 15 is 0 Å². The summed E-state index contributed by atoms with van der Waals surface area (Å²) in [5.41, 5.74) is -0.593. The molecule has 1 aromatic rings. The van der Waals surface area contributed by atoms with E-state index < -0.39 is 5.54 Å². The Labute approximate surface area is 124 Å². The molecule has 0 bridgehead atoms. The number of hydrogen-bond acceptors (Lipinski definition) is 6. The van der Waals surface area contributed by atoms with Crippen molar-refractivity contribution in [3.63, 3.8) is 0 Å². The molecule has 1 unspecified atom stereocenters. The van der Waals surface area contributed by atoms with Crippen LogP contribution < -0.4 is 5.32 Å². The highest BCUT2D eigenvalue weighted by Gasteiger charge is 2.32. The number of carbonyl (C=O) groups excluding carboxylic acids is 1. The largest absolute Gasteiger partial charge is 0.465 e. The molecule has 0 saturated heterocycles. The van der Waals surface area contributed by atoms with E-state index in [1.54, 1.807) is 31.2 Å². The van der Waals surface area contributed by atoms with Crippen LogP contribution in [-0.2, 0) is 9.53 Å². The van der Waals surface area contributed by atoms with E-state index in [1.165, 1.54) is 0 Å². The fraction of sp³-hybridized carbons (Fsp3) is 0.643. The first kappa shape index (κ1) is 16.9. The third kappa shape index (κ3) is 5.46. The molecule has 112 valence electrons. The molecule has 1 N–H and O–H groups in total. The summed E-state index contributed by atoms with van der Waals surface area (Å²) in [6, 6.07) is 1.81. The smallest absolute Gasteiger partial charge is 0.326 e. The fourth-order valence-electron chi connectivity index (χ4n) is 1.72. The predicted octanol–water partition coefficient (Wildman–Crippen LogP) is 2.28. The van der Waals surface area contributed by atoms with E-state index in [1.807, 2.05) is 19.9 Å². The highest BCUT2D eigenvalue weighted by Crippen LogP contribution is 2.19. The van der Waals surface area contributed by atoms with Crippen LogP contribution in [0.3, 0.4) is 0 Å². The van der Waals surface area contributed by atoms with Gasteiger partial charge in [-0.25, -0.2) is 9.97 Å². The van der Waals surface area contributed by atoms with Crippen molar-refractivity contribution in [2.45, 2.75) is 43.8 Å². The molecule has 1 heterocycles. The number of esters is 1. The molecule has 0 aliphatic heterocycles. The summed E-state index contributed by atoms with van der Waals surface area (Å²) in [4.78, 5) is 20.2. The maximum Gasteiger partial charge on any atom is 0.326 e. The van der Waals surface area contributed by atoms with Crippen LogP contribution in [0.15, 0.2) is 23.6 Å². The molecule has 0 spiro atoms. The summed E-state index contributed by atoms with van der Waals surface area (Å²) < 4.78 is 5.10. The number of aromatic nitrogens is 2. The zero-order valence-corrected chi connectivity index (χ0v) is 13.2. The van der Waals surface area contributed by atoms with Crippen LogP contribution in [0.25, 0.3) is 0 Å². The van der Waals surface area contributed by atoms with Crippen LogP contribution in [-0.4, -0.2) is 40.9 Å². The van der Waals surface area contributed by atoms with E-state index in [-0.39, 0.29) is 5.97 Å². The van der Waals surface area contributed by atoms with Gasteiger partial charge in [-0.05, 0) is 39.8 Å². The average molecular weight is 297 g/mol. The first-order valence-electron chi connectivity index (χ1n) is 6.88. The SMILES string of the molecule is CCOC(=O)C(C)(CCCCSc1ncccn1)NC. The number of nitrogens with zero attached hydrogens (tertiary/aromatic N) is 2. The number of carbonyl (C=O) groups is 1. The van der Waals surface area contributed by atoms with Crippen molar-refractivity contribution in [3.05, 3.63) is 18.5 Å². The van der Waals surface area contributed by atoms with Crippen molar-refractivity contribution < 1.29 is 9.53 Å². The van der Waals surface area contributed by atoms with Gasteiger partial charge in [0.2, 0.25) is 0 Å².